The second-order valence-electron chi connectivity index (χ2n) is 12.7. The lowest BCUT2D eigenvalue weighted by Crippen LogP contribution is -2.73. The highest BCUT2D eigenvalue weighted by atomic mass is 19.4. The molecule has 3 heterocycles. The molecule has 0 aliphatic carbocycles. The number of rotatable bonds is 10. The van der Waals surface area contributed by atoms with Crippen molar-refractivity contribution in [3.63, 3.8) is 0 Å². The molecule has 0 aromatic heterocycles. The Hall–Kier alpha value is -3.64. The van der Waals surface area contributed by atoms with Gasteiger partial charge in [0, 0.05) is 19.7 Å². The zero-order valence-corrected chi connectivity index (χ0v) is 26.4. The van der Waals surface area contributed by atoms with Gasteiger partial charge >= 0.3 is 12.3 Å². The van der Waals surface area contributed by atoms with Gasteiger partial charge in [0.1, 0.15) is 18.8 Å². The molecule has 9 nitrogen and oxygen atoms in total. The number of ether oxygens (including phenoxy) is 2. The van der Waals surface area contributed by atoms with Crippen LogP contribution in [0.25, 0.3) is 0 Å². The molecule has 0 radical (unpaired) electrons. The normalized spacial score (nSPS) is 23.6. The van der Waals surface area contributed by atoms with Crippen LogP contribution in [0, 0.1) is 19.8 Å². The summed E-state index contributed by atoms with van der Waals surface area (Å²) in [5.74, 6) is -1.02. The number of alkyl halides is 3. The van der Waals surface area contributed by atoms with Crippen LogP contribution in [0.15, 0.2) is 42.5 Å². The predicted octanol–water partition coefficient (Wildman–Crippen LogP) is 4.81. The fourth-order valence-corrected chi connectivity index (χ4v) is 6.75. The standard InChI is InChI=1S/C34H43F3N4O5/c1-22-8-10-24(11-9-22)16-26-18-40(33(44)46-21-25-14-23(2)15-27(17-25)34(35,36)37)30-20-39(19-28-6-5-13-45-28)32(43)29(7-3-4-12-38)41(30)31(26)42/h8-11,14-15,17,26,28-30H,3-7,12-13,16,18-21,38H2,1-2H3/t26-,28?,29+,30-/m1/s1. The first-order valence-electron chi connectivity index (χ1n) is 16.0. The van der Waals surface area contributed by atoms with Crippen molar-refractivity contribution in [2.24, 2.45) is 11.7 Å². The second-order valence-corrected chi connectivity index (χ2v) is 12.7. The number of amides is 3. The minimum Gasteiger partial charge on any atom is -0.444 e. The lowest BCUT2D eigenvalue weighted by atomic mass is 9.90. The number of aryl methyl sites for hydroxylation is 2. The highest BCUT2D eigenvalue weighted by molar-refractivity contribution is 5.91. The van der Waals surface area contributed by atoms with Crippen LogP contribution < -0.4 is 5.73 Å². The van der Waals surface area contributed by atoms with Gasteiger partial charge in [0.15, 0.2) is 0 Å². The van der Waals surface area contributed by atoms with Gasteiger partial charge in [0.2, 0.25) is 11.8 Å². The van der Waals surface area contributed by atoms with Crippen LogP contribution in [0.4, 0.5) is 18.0 Å². The van der Waals surface area contributed by atoms with Gasteiger partial charge in [-0.1, -0.05) is 41.5 Å². The van der Waals surface area contributed by atoms with Crippen LogP contribution in [-0.4, -0.2) is 83.7 Å². The molecule has 3 fully saturated rings. The van der Waals surface area contributed by atoms with Crippen molar-refractivity contribution in [2.75, 3.05) is 32.8 Å². The van der Waals surface area contributed by atoms with Gasteiger partial charge in [-0.25, -0.2) is 4.79 Å². The number of halogens is 3. The molecule has 12 heteroatoms. The fourth-order valence-electron chi connectivity index (χ4n) is 6.75. The van der Waals surface area contributed by atoms with Gasteiger partial charge in [0.05, 0.1) is 24.1 Å². The van der Waals surface area contributed by atoms with Gasteiger partial charge in [-0.2, -0.15) is 13.2 Å². The van der Waals surface area contributed by atoms with E-state index in [4.69, 9.17) is 15.2 Å². The molecule has 250 valence electrons. The maximum atomic E-state index is 14.2. The van der Waals surface area contributed by atoms with E-state index in [-0.39, 0.29) is 43.2 Å². The van der Waals surface area contributed by atoms with Crippen LogP contribution in [0.5, 0.6) is 0 Å². The molecule has 1 unspecified atom stereocenters. The summed E-state index contributed by atoms with van der Waals surface area (Å²) >= 11 is 0. The van der Waals surface area contributed by atoms with Crippen LogP contribution in [0.2, 0.25) is 0 Å². The number of carbonyl (C=O) groups excluding carboxylic acids is 3. The van der Waals surface area contributed by atoms with E-state index in [0.717, 1.165) is 36.1 Å². The molecular formula is C34H43F3N4O5. The Kier molecular flexibility index (Phi) is 10.6. The third-order valence-corrected chi connectivity index (χ3v) is 9.06. The molecule has 3 aliphatic rings. The number of piperazine rings is 1. The van der Waals surface area contributed by atoms with Gasteiger partial charge in [-0.15, -0.1) is 0 Å². The number of unbranched alkanes of at least 4 members (excludes halogenated alkanes) is 1. The Morgan fingerprint density at radius 3 is 2.43 bits per heavy atom. The Labute approximate surface area is 267 Å². The van der Waals surface area contributed by atoms with E-state index in [2.05, 4.69) is 0 Å². The smallest absolute Gasteiger partial charge is 0.416 e. The molecule has 5 rings (SSSR count). The topological polar surface area (TPSA) is 105 Å². The van der Waals surface area contributed by atoms with Crippen molar-refractivity contribution in [2.45, 2.75) is 83.5 Å². The summed E-state index contributed by atoms with van der Waals surface area (Å²) in [6, 6.07) is 10.6. The average Bonchev–Trinajstić information content (AvgIpc) is 3.52. The van der Waals surface area contributed by atoms with E-state index in [9.17, 15) is 27.6 Å². The third-order valence-electron chi connectivity index (χ3n) is 9.06. The van der Waals surface area contributed by atoms with Gasteiger partial charge in [-0.05, 0) is 82.2 Å². The predicted molar refractivity (Wildman–Crippen MR) is 164 cm³/mol. The van der Waals surface area contributed by atoms with E-state index < -0.39 is 36.0 Å². The zero-order chi connectivity index (χ0) is 33.0. The van der Waals surface area contributed by atoms with E-state index in [1.807, 2.05) is 31.2 Å². The molecule has 2 aromatic rings. The third kappa shape index (κ3) is 7.83. The molecular weight excluding hydrogens is 601 g/mol. The number of nitrogens with two attached hydrogens (primary N) is 1. The van der Waals surface area contributed by atoms with Gasteiger partial charge < -0.3 is 25.0 Å². The number of hydrogen-bond acceptors (Lipinski definition) is 6. The molecule has 3 amide bonds. The first-order chi connectivity index (χ1) is 21.9. The van der Waals surface area contributed by atoms with Crippen LogP contribution in [0.3, 0.4) is 0 Å². The summed E-state index contributed by atoms with van der Waals surface area (Å²) in [6.07, 6.45) is -2.45. The Morgan fingerprint density at radius 2 is 1.76 bits per heavy atom. The molecule has 2 aromatic carbocycles. The van der Waals surface area contributed by atoms with Crippen molar-refractivity contribution in [1.29, 1.82) is 0 Å². The summed E-state index contributed by atoms with van der Waals surface area (Å²) in [5, 5.41) is 0. The summed E-state index contributed by atoms with van der Waals surface area (Å²) < 4.78 is 51.9. The first-order valence-corrected chi connectivity index (χ1v) is 16.0. The summed E-state index contributed by atoms with van der Waals surface area (Å²) in [7, 11) is 0. The van der Waals surface area contributed by atoms with Crippen molar-refractivity contribution in [3.05, 3.63) is 70.3 Å². The lowest BCUT2D eigenvalue weighted by Gasteiger charge is -2.54. The number of fused-ring (bicyclic) bond motifs is 1. The molecule has 0 saturated carbocycles. The van der Waals surface area contributed by atoms with E-state index >= 15 is 0 Å². The molecule has 3 saturated heterocycles. The number of hydrogen-bond donors (Lipinski definition) is 1. The maximum absolute atomic E-state index is 14.2. The molecule has 2 N–H and O–H groups in total. The molecule has 46 heavy (non-hydrogen) atoms. The van der Waals surface area contributed by atoms with E-state index in [0.29, 0.717) is 50.9 Å². The van der Waals surface area contributed by atoms with Crippen molar-refractivity contribution < 1.29 is 37.0 Å². The van der Waals surface area contributed by atoms with Crippen molar-refractivity contribution in [3.8, 4) is 0 Å². The number of benzene rings is 2. The van der Waals surface area contributed by atoms with E-state index in [1.54, 1.807) is 22.8 Å². The monoisotopic (exact) mass is 644 g/mol. The summed E-state index contributed by atoms with van der Waals surface area (Å²) in [6.45, 7) is 4.70. The highest BCUT2D eigenvalue weighted by Crippen LogP contribution is 2.34. The molecule has 0 spiro atoms. The Bertz CT molecular complexity index is 1400. The maximum Gasteiger partial charge on any atom is 0.416 e. The number of nitrogens with zero attached hydrogens (tertiary/aromatic N) is 3. The molecule has 3 aliphatic heterocycles. The first kappa shape index (κ1) is 33.7. The fraction of sp³-hybridized carbons (Fsp3) is 0.559. The van der Waals surface area contributed by atoms with Crippen LogP contribution in [0.1, 0.15) is 59.9 Å². The zero-order valence-electron chi connectivity index (χ0n) is 26.4. The Morgan fingerprint density at radius 1 is 1.00 bits per heavy atom. The largest absolute Gasteiger partial charge is 0.444 e. The van der Waals surface area contributed by atoms with Crippen molar-refractivity contribution in [1.82, 2.24) is 14.7 Å². The molecule has 0 bridgehead atoms. The minimum atomic E-state index is -4.54. The van der Waals surface area contributed by atoms with Crippen LogP contribution >= 0.6 is 0 Å². The summed E-state index contributed by atoms with van der Waals surface area (Å²) in [4.78, 5) is 46.7. The number of carbonyl (C=O) groups is 3. The van der Waals surface area contributed by atoms with Gasteiger partial charge in [-0.3, -0.25) is 14.5 Å². The van der Waals surface area contributed by atoms with Crippen molar-refractivity contribution >= 4 is 17.9 Å². The van der Waals surface area contributed by atoms with Gasteiger partial charge in [0.25, 0.3) is 0 Å². The molecule has 4 atom stereocenters. The highest BCUT2D eigenvalue weighted by Gasteiger charge is 2.52. The van der Waals surface area contributed by atoms with E-state index in [1.165, 1.54) is 4.90 Å². The summed E-state index contributed by atoms with van der Waals surface area (Å²) in [5.41, 5.74) is 7.52. The lowest BCUT2D eigenvalue weighted by molar-refractivity contribution is -0.174. The Balaban J connectivity index is 1.44. The van der Waals surface area contributed by atoms with Crippen LogP contribution in [-0.2, 0) is 38.3 Å². The second kappa shape index (κ2) is 14.4. The quantitative estimate of drug-likeness (QED) is 0.373. The minimum absolute atomic E-state index is 0.0474. The average molecular weight is 645 g/mol. The SMILES string of the molecule is Cc1ccc(C[C@@H]2CN(C(=O)OCc3cc(C)cc(C(F)(F)F)c3)[C@H]3CN(CC4CCCO4)C(=O)[C@H](CCCCN)N3C2=O)cc1.